The number of rotatable bonds is 5. The van der Waals surface area contributed by atoms with Gasteiger partial charge in [0.2, 0.25) is 10.0 Å². The van der Waals surface area contributed by atoms with Gasteiger partial charge >= 0.3 is 5.97 Å². The molecule has 13 heavy (non-hydrogen) atoms. The van der Waals surface area contributed by atoms with E-state index in [0.29, 0.717) is 0 Å². The van der Waals surface area contributed by atoms with E-state index in [-0.39, 0.29) is 19.0 Å². The fraction of sp³-hybridized carbons (Fsp3) is 0.800. The predicted molar refractivity (Wildman–Crippen MR) is 52.0 cm³/mol. The molecule has 0 heterocycles. The van der Waals surface area contributed by atoms with Crippen LogP contribution in [0.15, 0.2) is 0 Å². The highest BCUT2D eigenvalue weighted by Crippen LogP contribution is 2.01. The van der Waals surface area contributed by atoms with E-state index in [9.17, 15) is 13.2 Å². The second-order valence-corrected chi connectivity index (χ2v) is 4.28. The van der Waals surface area contributed by atoms with E-state index in [1.54, 1.807) is 6.92 Å². The lowest BCUT2D eigenvalue weighted by molar-refractivity contribution is -0.136. The Morgan fingerprint density at radius 3 is 2.31 bits per heavy atom. The van der Waals surface area contributed by atoms with E-state index in [1.807, 2.05) is 0 Å². The first-order valence-corrected chi connectivity index (χ1v) is 5.31. The molecule has 0 rings (SSSR count). The number of nitrogens with one attached hydrogen (secondary N) is 1. The Labute approximate surface area is 87.9 Å². The van der Waals surface area contributed by atoms with Crippen molar-refractivity contribution in [2.75, 3.05) is 12.4 Å². The molecule has 2 N–H and O–H groups in total. The third kappa shape index (κ3) is 4.66. The lowest BCUT2D eigenvalue weighted by Gasteiger charge is -2.09. The molecule has 0 bridgehead atoms. The summed E-state index contributed by atoms with van der Waals surface area (Å²) in [5.74, 6) is -1.89. The minimum absolute atomic E-state index is 0. The molecule has 0 aliphatic heterocycles. The van der Waals surface area contributed by atoms with E-state index in [4.69, 9.17) is 16.7 Å². The van der Waals surface area contributed by atoms with E-state index in [1.165, 1.54) is 0 Å². The van der Waals surface area contributed by atoms with Crippen molar-refractivity contribution >= 4 is 40.0 Å². The van der Waals surface area contributed by atoms with Gasteiger partial charge in [-0.1, -0.05) is 6.92 Å². The van der Waals surface area contributed by atoms with Gasteiger partial charge in [-0.25, -0.2) is 13.1 Å². The standard InChI is InChI=1S/C5H10ClNO4S.ClH/c1-2-7-12(10,11)4(3-6)5(8)9;/h4,7H,2-3H2,1H3,(H,8,9);1H. The number of sulfonamides is 1. The number of carbonyl (C=O) groups is 1. The van der Waals surface area contributed by atoms with Gasteiger partial charge in [0.05, 0.1) is 5.88 Å². The Balaban J connectivity index is 0. The number of alkyl halides is 1. The van der Waals surface area contributed by atoms with Crippen LogP contribution in [-0.4, -0.2) is 37.2 Å². The average Bonchev–Trinajstić information content (AvgIpc) is 1.86. The van der Waals surface area contributed by atoms with Crippen molar-refractivity contribution in [2.45, 2.75) is 12.2 Å². The molecule has 0 radical (unpaired) electrons. The predicted octanol–water partition coefficient (Wildman–Crippen LogP) is 0.0395. The number of hydrogen-bond acceptors (Lipinski definition) is 3. The summed E-state index contributed by atoms with van der Waals surface area (Å²) < 4.78 is 24.1. The van der Waals surface area contributed by atoms with Crippen LogP contribution >= 0.6 is 24.0 Å². The average molecular weight is 252 g/mol. The van der Waals surface area contributed by atoms with E-state index in [2.05, 4.69) is 4.72 Å². The molecule has 0 aromatic heterocycles. The van der Waals surface area contributed by atoms with Crippen molar-refractivity contribution < 1.29 is 18.3 Å². The van der Waals surface area contributed by atoms with Crippen LogP contribution in [0.1, 0.15) is 6.92 Å². The minimum atomic E-state index is -3.80. The molecule has 0 saturated heterocycles. The summed E-state index contributed by atoms with van der Waals surface area (Å²) in [6.45, 7) is 1.72. The van der Waals surface area contributed by atoms with Crippen LogP contribution in [0, 0.1) is 0 Å². The Morgan fingerprint density at radius 1 is 1.62 bits per heavy atom. The van der Waals surface area contributed by atoms with Crippen LogP contribution in [0.25, 0.3) is 0 Å². The van der Waals surface area contributed by atoms with Crippen LogP contribution in [0.5, 0.6) is 0 Å². The van der Waals surface area contributed by atoms with Gasteiger partial charge in [-0.3, -0.25) is 4.79 Å². The zero-order chi connectivity index (χ0) is 9.78. The third-order valence-electron chi connectivity index (χ3n) is 1.14. The number of hydrogen-bond donors (Lipinski definition) is 2. The van der Waals surface area contributed by atoms with Crippen LogP contribution in [-0.2, 0) is 14.8 Å². The van der Waals surface area contributed by atoms with E-state index < -0.39 is 27.1 Å². The zero-order valence-corrected chi connectivity index (χ0v) is 9.25. The van der Waals surface area contributed by atoms with Crippen LogP contribution in [0.3, 0.4) is 0 Å². The summed E-state index contributed by atoms with van der Waals surface area (Å²) in [6.07, 6.45) is 0. The van der Waals surface area contributed by atoms with Crippen molar-refractivity contribution in [2.24, 2.45) is 0 Å². The fourth-order valence-electron chi connectivity index (χ4n) is 0.583. The smallest absolute Gasteiger partial charge is 0.324 e. The lowest BCUT2D eigenvalue weighted by Crippen LogP contribution is -2.40. The maximum absolute atomic E-state index is 11.0. The molecule has 0 fully saturated rings. The zero-order valence-electron chi connectivity index (χ0n) is 6.86. The molecule has 0 aromatic carbocycles. The maximum atomic E-state index is 11.0. The third-order valence-corrected chi connectivity index (χ3v) is 3.44. The van der Waals surface area contributed by atoms with Gasteiger partial charge in [0.15, 0.2) is 5.25 Å². The van der Waals surface area contributed by atoms with Gasteiger partial charge < -0.3 is 5.11 Å². The minimum Gasteiger partial charge on any atom is -0.480 e. The molecule has 0 aliphatic carbocycles. The molecule has 8 heteroatoms. The molecular weight excluding hydrogens is 241 g/mol. The number of aliphatic carboxylic acids is 1. The molecule has 0 aliphatic rings. The topological polar surface area (TPSA) is 83.5 Å². The van der Waals surface area contributed by atoms with Crippen LogP contribution in [0.4, 0.5) is 0 Å². The monoisotopic (exact) mass is 251 g/mol. The summed E-state index contributed by atoms with van der Waals surface area (Å²) in [5.41, 5.74) is 0. The first kappa shape index (κ1) is 15.4. The second-order valence-electron chi connectivity index (χ2n) is 2.02. The summed E-state index contributed by atoms with van der Waals surface area (Å²) in [5, 5.41) is 6.86. The highest BCUT2D eigenvalue weighted by Gasteiger charge is 2.30. The molecule has 5 nitrogen and oxygen atoms in total. The van der Waals surface area contributed by atoms with Gasteiger partial charge in [0.25, 0.3) is 0 Å². The molecule has 1 unspecified atom stereocenters. The van der Waals surface area contributed by atoms with Gasteiger partial charge in [0, 0.05) is 6.54 Å². The lowest BCUT2D eigenvalue weighted by atomic mass is 10.5. The Morgan fingerprint density at radius 2 is 2.08 bits per heavy atom. The highest BCUT2D eigenvalue weighted by molar-refractivity contribution is 7.90. The summed E-state index contributed by atoms with van der Waals surface area (Å²) >= 11 is 5.18. The van der Waals surface area contributed by atoms with E-state index >= 15 is 0 Å². The van der Waals surface area contributed by atoms with Crippen molar-refractivity contribution in [3.63, 3.8) is 0 Å². The van der Waals surface area contributed by atoms with Crippen LogP contribution < -0.4 is 4.72 Å². The van der Waals surface area contributed by atoms with Crippen molar-refractivity contribution in [3.05, 3.63) is 0 Å². The molecular formula is C5H11Cl2NO4S. The quantitative estimate of drug-likeness (QED) is 0.676. The molecule has 0 spiro atoms. The van der Waals surface area contributed by atoms with Gasteiger partial charge in [-0.05, 0) is 0 Å². The first-order chi connectivity index (χ1) is 5.45. The highest BCUT2D eigenvalue weighted by atomic mass is 35.5. The molecule has 80 valence electrons. The van der Waals surface area contributed by atoms with Gasteiger partial charge in [-0.15, -0.1) is 24.0 Å². The molecule has 0 amide bonds. The molecule has 1 atom stereocenters. The van der Waals surface area contributed by atoms with Crippen molar-refractivity contribution in [3.8, 4) is 0 Å². The van der Waals surface area contributed by atoms with E-state index in [0.717, 1.165) is 0 Å². The fourth-order valence-corrected chi connectivity index (χ4v) is 2.25. The first-order valence-electron chi connectivity index (χ1n) is 3.23. The Bertz CT molecular complexity index is 253. The van der Waals surface area contributed by atoms with Crippen LogP contribution in [0.2, 0.25) is 0 Å². The number of halogens is 2. The van der Waals surface area contributed by atoms with Gasteiger partial charge in [-0.2, -0.15) is 0 Å². The number of carboxylic acids is 1. The second kappa shape index (κ2) is 6.42. The molecule has 0 aromatic rings. The Kier molecular flexibility index (Phi) is 7.62. The number of carboxylic acid groups (broad SMARTS) is 1. The normalized spacial score (nSPS) is 13.1. The Hall–Kier alpha value is -0.0400. The maximum Gasteiger partial charge on any atom is 0.324 e. The summed E-state index contributed by atoms with van der Waals surface area (Å²) in [7, 11) is -3.80. The largest absolute Gasteiger partial charge is 0.480 e. The SMILES string of the molecule is CCNS(=O)(=O)C(CCl)C(=O)O.Cl. The van der Waals surface area contributed by atoms with Gasteiger partial charge in [0.1, 0.15) is 0 Å². The summed E-state index contributed by atoms with van der Waals surface area (Å²) in [6, 6.07) is 0. The van der Waals surface area contributed by atoms with Crippen molar-refractivity contribution in [1.82, 2.24) is 4.72 Å². The van der Waals surface area contributed by atoms with Crippen molar-refractivity contribution in [1.29, 1.82) is 0 Å². The summed E-state index contributed by atoms with van der Waals surface area (Å²) in [4.78, 5) is 10.3. The molecule has 0 saturated carbocycles.